The molecule has 1 N–H and O–H groups in total. The van der Waals surface area contributed by atoms with Crippen LogP contribution in [0.2, 0.25) is 0 Å². The van der Waals surface area contributed by atoms with Crippen molar-refractivity contribution in [2.45, 2.75) is 13.2 Å². The third kappa shape index (κ3) is 2.17. The second-order valence-corrected chi connectivity index (χ2v) is 3.27. The predicted molar refractivity (Wildman–Crippen MR) is 46.2 cm³/mol. The molecule has 0 fully saturated rings. The predicted octanol–water partition coefficient (Wildman–Crippen LogP) is 1.28. The Hall–Kier alpha value is -0.610. The molecule has 0 saturated carbocycles. The summed E-state index contributed by atoms with van der Waals surface area (Å²) >= 11 is 3.23. The highest BCUT2D eigenvalue weighted by molar-refractivity contribution is 9.11. The number of imidazole rings is 1. The summed E-state index contributed by atoms with van der Waals surface area (Å²) < 4.78 is 2.70. The molecule has 3 nitrogen and oxygen atoms in total. The molecule has 1 aromatic heterocycles. The van der Waals surface area contributed by atoms with Gasteiger partial charge in [0.1, 0.15) is 12.4 Å². The molecule has 60 valence electrons. The number of hydrogen-bond donors (Lipinski definition) is 1. The van der Waals surface area contributed by atoms with E-state index in [9.17, 15) is 0 Å². The van der Waals surface area contributed by atoms with Crippen molar-refractivity contribution in [2.24, 2.45) is 0 Å². The second kappa shape index (κ2) is 3.69. The minimum absolute atomic E-state index is 0.0344. The van der Waals surface area contributed by atoms with E-state index in [1.807, 2.05) is 4.57 Å². The molecule has 0 radical (unpaired) electrons. The molecule has 1 heterocycles. The number of rotatable bonds is 3. The van der Waals surface area contributed by atoms with Crippen molar-refractivity contribution in [1.82, 2.24) is 9.55 Å². The summed E-state index contributed by atoms with van der Waals surface area (Å²) in [5.41, 5.74) is 0. The molecular weight excluding hydrogens is 208 g/mol. The number of aliphatic hydroxyl groups excluding tert-OH is 1. The first kappa shape index (κ1) is 8.49. The van der Waals surface area contributed by atoms with Crippen molar-refractivity contribution < 1.29 is 5.11 Å². The highest BCUT2D eigenvalue weighted by atomic mass is 79.9. The summed E-state index contributed by atoms with van der Waals surface area (Å²) in [4.78, 5) is 3.94. The number of nitrogens with zero attached hydrogens (tertiary/aromatic N) is 2. The van der Waals surface area contributed by atoms with E-state index in [1.165, 1.54) is 0 Å². The summed E-state index contributed by atoms with van der Waals surface area (Å²) in [5.74, 6) is 0.658. The Balaban J connectivity index is 2.76. The molecule has 0 spiro atoms. The van der Waals surface area contributed by atoms with E-state index < -0.39 is 0 Å². The van der Waals surface area contributed by atoms with Gasteiger partial charge in [-0.3, -0.25) is 0 Å². The van der Waals surface area contributed by atoms with Crippen LogP contribution in [0, 0.1) is 0 Å². The summed E-state index contributed by atoms with van der Waals surface area (Å²) in [5, 5.41) is 8.79. The van der Waals surface area contributed by atoms with Crippen LogP contribution in [0.15, 0.2) is 23.5 Å². The van der Waals surface area contributed by atoms with E-state index >= 15 is 0 Å². The highest BCUT2D eigenvalue weighted by Gasteiger charge is 1.99. The fourth-order valence-corrected chi connectivity index (χ4v) is 1.09. The second-order valence-electron chi connectivity index (χ2n) is 2.15. The van der Waals surface area contributed by atoms with Crippen LogP contribution >= 0.6 is 15.9 Å². The lowest BCUT2D eigenvalue weighted by Crippen LogP contribution is -2.02. The monoisotopic (exact) mass is 216 g/mol. The number of hydrogen-bond acceptors (Lipinski definition) is 2. The first-order valence-corrected chi connectivity index (χ1v) is 3.97. The fourth-order valence-electron chi connectivity index (χ4n) is 0.820. The van der Waals surface area contributed by atoms with Crippen LogP contribution in [0.1, 0.15) is 5.82 Å². The normalized spacial score (nSPS) is 10.0. The number of aromatic nitrogens is 2. The molecule has 0 bridgehead atoms. The van der Waals surface area contributed by atoms with Crippen molar-refractivity contribution in [3.8, 4) is 0 Å². The zero-order chi connectivity index (χ0) is 8.27. The van der Waals surface area contributed by atoms with Crippen molar-refractivity contribution in [1.29, 1.82) is 0 Å². The lowest BCUT2D eigenvalue weighted by molar-refractivity contribution is 0.266. The molecular formula is C7H9BrN2O. The van der Waals surface area contributed by atoms with Crippen LogP contribution in [0.25, 0.3) is 0 Å². The lowest BCUT2D eigenvalue weighted by atomic mass is 10.5. The van der Waals surface area contributed by atoms with Crippen LogP contribution in [0.3, 0.4) is 0 Å². The highest BCUT2D eigenvalue weighted by Crippen LogP contribution is 2.07. The maximum atomic E-state index is 8.79. The van der Waals surface area contributed by atoms with Crippen molar-refractivity contribution >= 4 is 15.9 Å². The number of halogens is 1. The fraction of sp³-hybridized carbons (Fsp3) is 0.286. The zero-order valence-corrected chi connectivity index (χ0v) is 7.58. The smallest absolute Gasteiger partial charge is 0.134 e. The lowest BCUT2D eigenvalue weighted by Gasteiger charge is -2.02. The molecule has 0 aliphatic heterocycles. The van der Waals surface area contributed by atoms with Crippen LogP contribution in [-0.2, 0) is 13.2 Å². The Bertz CT molecular complexity index is 257. The average molecular weight is 217 g/mol. The van der Waals surface area contributed by atoms with Gasteiger partial charge in [-0.25, -0.2) is 4.98 Å². The maximum Gasteiger partial charge on any atom is 0.134 e. The number of allylic oxidation sites excluding steroid dienone is 1. The molecule has 1 rings (SSSR count). The Labute approximate surface area is 73.5 Å². The third-order valence-corrected chi connectivity index (χ3v) is 1.54. The quantitative estimate of drug-likeness (QED) is 0.828. The first-order chi connectivity index (χ1) is 5.24. The van der Waals surface area contributed by atoms with Crippen molar-refractivity contribution in [3.05, 3.63) is 29.3 Å². The largest absolute Gasteiger partial charge is 0.388 e. The number of aliphatic hydroxyl groups is 1. The van der Waals surface area contributed by atoms with Gasteiger partial charge in [0, 0.05) is 16.9 Å². The summed E-state index contributed by atoms with van der Waals surface area (Å²) in [6.07, 6.45) is 3.46. The van der Waals surface area contributed by atoms with Crippen LogP contribution in [-0.4, -0.2) is 14.7 Å². The Morgan fingerprint density at radius 1 is 1.82 bits per heavy atom. The van der Waals surface area contributed by atoms with Gasteiger partial charge in [-0.1, -0.05) is 22.5 Å². The minimum atomic E-state index is -0.0344. The first-order valence-electron chi connectivity index (χ1n) is 3.18. The van der Waals surface area contributed by atoms with Gasteiger partial charge in [-0.2, -0.15) is 0 Å². The van der Waals surface area contributed by atoms with Gasteiger partial charge in [-0.15, -0.1) is 0 Å². The Kier molecular flexibility index (Phi) is 2.84. The molecule has 11 heavy (non-hydrogen) atoms. The molecule has 0 saturated heterocycles. The summed E-state index contributed by atoms with van der Waals surface area (Å²) in [6.45, 7) is 4.31. The van der Waals surface area contributed by atoms with Crippen molar-refractivity contribution in [2.75, 3.05) is 0 Å². The molecule has 0 aliphatic rings. The van der Waals surface area contributed by atoms with E-state index in [1.54, 1.807) is 12.4 Å². The van der Waals surface area contributed by atoms with Crippen molar-refractivity contribution in [3.63, 3.8) is 0 Å². The Morgan fingerprint density at radius 3 is 3.09 bits per heavy atom. The van der Waals surface area contributed by atoms with Gasteiger partial charge >= 0.3 is 0 Å². The molecule has 0 aliphatic carbocycles. The molecule has 0 unspecified atom stereocenters. The standard InChI is InChI=1S/C7H9BrN2O/c1-6(8)4-10-3-2-9-7(10)5-11/h2-3,11H,1,4-5H2. The van der Waals surface area contributed by atoms with Gasteiger partial charge in [0.25, 0.3) is 0 Å². The van der Waals surface area contributed by atoms with Crippen LogP contribution < -0.4 is 0 Å². The van der Waals surface area contributed by atoms with Gasteiger partial charge in [0.05, 0.1) is 6.54 Å². The van der Waals surface area contributed by atoms with E-state index in [4.69, 9.17) is 5.11 Å². The summed E-state index contributed by atoms with van der Waals surface area (Å²) in [7, 11) is 0. The van der Waals surface area contributed by atoms with Crippen LogP contribution in [0.4, 0.5) is 0 Å². The zero-order valence-electron chi connectivity index (χ0n) is 6.00. The molecule has 0 atom stereocenters. The third-order valence-electron chi connectivity index (χ3n) is 1.29. The van der Waals surface area contributed by atoms with Gasteiger partial charge in [0.2, 0.25) is 0 Å². The van der Waals surface area contributed by atoms with E-state index in [0.717, 1.165) is 4.48 Å². The van der Waals surface area contributed by atoms with Crippen LogP contribution in [0.5, 0.6) is 0 Å². The summed E-state index contributed by atoms with van der Waals surface area (Å²) in [6, 6.07) is 0. The molecule has 4 heteroatoms. The van der Waals surface area contributed by atoms with E-state index in [0.29, 0.717) is 12.4 Å². The van der Waals surface area contributed by atoms with E-state index in [2.05, 4.69) is 27.5 Å². The van der Waals surface area contributed by atoms with Gasteiger partial charge < -0.3 is 9.67 Å². The SMILES string of the molecule is C=C(Br)Cn1ccnc1CO. The average Bonchev–Trinajstić information content (AvgIpc) is 2.34. The topological polar surface area (TPSA) is 38.0 Å². The van der Waals surface area contributed by atoms with Gasteiger partial charge in [0.15, 0.2) is 0 Å². The minimum Gasteiger partial charge on any atom is -0.388 e. The Morgan fingerprint density at radius 2 is 2.55 bits per heavy atom. The molecule has 1 aromatic rings. The van der Waals surface area contributed by atoms with E-state index in [-0.39, 0.29) is 6.61 Å². The molecule has 0 aromatic carbocycles. The van der Waals surface area contributed by atoms with Gasteiger partial charge in [-0.05, 0) is 0 Å². The molecule has 0 amide bonds. The maximum absolute atomic E-state index is 8.79.